The Labute approximate surface area is 156 Å². The summed E-state index contributed by atoms with van der Waals surface area (Å²) in [6.45, 7) is 6.10. The molecular weight excluding hydrogens is 364 g/mol. The monoisotopic (exact) mass is 384 g/mol. The van der Waals surface area contributed by atoms with Crippen molar-refractivity contribution in [3.8, 4) is 0 Å². The van der Waals surface area contributed by atoms with Crippen LogP contribution in [0.2, 0.25) is 0 Å². The highest BCUT2D eigenvalue weighted by Crippen LogP contribution is 2.11. The van der Waals surface area contributed by atoms with Gasteiger partial charge in [0.1, 0.15) is 5.76 Å². The van der Waals surface area contributed by atoms with Crippen molar-refractivity contribution in [3.63, 3.8) is 0 Å². The van der Waals surface area contributed by atoms with Gasteiger partial charge < -0.3 is 14.7 Å². The molecule has 0 bridgehead atoms. The minimum atomic E-state index is -0.224. The largest absolute Gasteiger partial charge is 0.361 e. The molecule has 0 aromatic carbocycles. The van der Waals surface area contributed by atoms with Crippen LogP contribution in [0.5, 0.6) is 0 Å². The van der Waals surface area contributed by atoms with Gasteiger partial charge in [-0.1, -0.05) is 5.16 Å². The molecule has 1 fully saturated rings. The number of aromatic nitrogens is 1. The SMILES string of the molecule is Cc1cc(C(=O)NCCN2CCN(C(=O)c3ccsc3)CC2)no1.Cl. The molecule has 0 spiro atoms. The number of nitrogens with one attached hydrogen (secondary N) is 1. The Balaban J connectivity index is 0.00000225. The van der Waals surface area contributed by atoms with Crippen molar-refractivity contribution < 1.29 is 14.1 Å². The predicted molar refractivity (Wildman–Crippen MR) is 97.5 cm³/mol. The number of halogens is 1. The van der Waals surface area contributed by atoms with Crippen LogP contribution in [-0.4, -0.2) is 66.0 Å². The van der Waals surface area contributed by atoms with Gasteiger partial charge in [0, 0.05) is 50.7 Å². The molecule has 136 valence electrons. The Hall–Kier alpha value is -1.90. The van der Waals surface area contributed by atoms with E-state index in [1.54, 1.807) is 13.0 Å². The zero-order valence-corrected chi connectivity index (χ0v) is 15.6. The number of hydrogen-bond acceptors (Lipinski definition) is 6. The summed E-state index contributed by atoms with van der Waals surface area (Å²) in [5.74, 6) is 0.496. The van der Waals surface area contributed by atoms with Gasteiger partial charge in [-0.3, -0.25) is 14.5 Å². The molecule has 0 saturated carbocycles. The number of carbonyl (C=O) groups excluding carboxylic acids is 2. The summed E-state index contributed by atoms with van der Waals surface area (Å²) < 4.78 is 4.89. The molecule has 0 aliphatic carbocycles. The summed E-state index contributed by atoms with van der Waals surface area (Å²) in [6.07, 6.45) is 0. The van der Waals surface area contributed by atoms with Crippen molar-refractivity contribution in [1.29, 1.82) is 0 Å². The molecule has 2 aromatic heterocycles. The molecule has 9 heteroatoms. The molecule has 1 aliphatic heterocycles. The molecule has 1 saturated heterocycles. The Bertz CT molecular complexity index is 696. The van der Waals surface area contributed by atoms with E-state index < -0.39 is 0 Å². The van der Waals surface area contributed by atoms with E-state index in [0.29, 0.717) is 31.1 Å². The van der Waals surface area contributed by atoms with Crippen molar-refractivity contribution in [3.05, 3.63) is 39.9 Å². The van der Waals surface area contributed by atoms with Gasteiger partial charge in [0.25, 0.3) is 11.8 Å². The highest BCUT2D eigenvalue weighted by molar-refractivity contribution is 7.08. The Morgan fingerprint density at radius 1 is 1.32 bits per heavy atom. The number of aryl methyl sites for hydroxylation is 1. The minimum Gasteiger partial charge on any atom is -0.361 e. The first kappa shape index (κ1) is 19.4. The summed E-state index contributed by atoms with van der Waals surface area (Å²) in [5.41, 5.74) is 1.07. The first-order chi connectivity index (χ1) is 11.6. The van der Waals surface area contributed by atoms with Crippen LogP contribution in [0.25, 0.3) is 0 Å². The highest BCUT2D eigenvalue weighted by atomic mass is 35.5. The third-order valence-corrected chi connectivity index (χ3v) is 4.69. The van der Waals surface area contributed by atoms with Crippen LogP contribution < -0.4 is 5.32 Å². The van der Waals surface area contributed by atoms with Crippen LogP contribution in [0.4, 0.5) is 0 Å². The zero-order valence-electron chi connectivity index (χ0n) is 13.9. The fourth-order valence-corrected chi connectivity index (χ4v) is 3.26. The molecular formula is C16H21ClN4O3S. The van der Waals surface area contributed by atoms with Crippen LogP contribution in [0, 0.1) is 6.92 Å². The summed E-state index contributed by atoms with van der Waals surface area (Å²) in [5, 5.41) is 10.3. The molecule has 0 unspecified atom stereocenters. The van der Waals surface area contributed by atoms with Crippen molar-refractivity contribution in [1.82, 2.24) is 20.3 Å². The number of carbonyl (C=O) groups is 2. The maximum atomic E-state index is 12.3. The fourth-order valence-electron chi connectivity index (χ4n) is 2.63. The van der Waals surface area contributed by atoms with E-state index in [2.05, 4.69) is 15.4 Å². The summed E-state index contributed by atoms with van der Waals surface area (Å²) in [7, 11) is 0. The lowest BCUT2D eigenvalue weighted by Crippen LogP contribution is -2.50. The molecule has 0 radical (unpaired) electrons. The van der Waals surface area contributed by atoms with Gasteiger partial charge in [-0.2, -0.15) is 11.3 Å². The Morgan fingerprint density at radius 2 is 2.08 bits per heavy atom. The predicted octanol–water partition coefficient (Wildman–Crippen LogP) is 1.65. The van der Waals surface area contributed by atoms with Crippen LogP contribution in [-0.2, 0) is 0 Å². The van der Waals surface area contributed by atoms with Crippen molar-refractivity contribution in [2.45, 2.75) is 6.92 Å². The lowest BCUT2D eigenvalue weighted by Gasteiger charge is -2.34. The highest BCUT2D eigenvalue weighted by Gasteiger charge is 2.22. The van der Waals surface area contributed by atoms with E-state index in [1.165, 1.54) is 11.3 Å². The average molecular weight is 385 g/mol. The number of piperazine rings is 1. The van der Waals surface area contributed by atoms with Gasteiger partial charge in [-0.25, -0.2) is 0 Å². The van der Waals surface area contributed by atoms with E-state index in [4.69, 9.17) is 4.52 Å². The number of amides is 2. The Kier molecular flexibility index (Phi) is 6.98. The third-order valence-electron chi connectivity index (χ3n) is 4.00. The van der Waals surface area contributed by atoms with Crippen LogP contribution in [0.15, 0.2) is 27.4 Å². The van der Waals surface area contributed by atoms with E-state index in [1.807, 2.05) is 21.7 Å². The van der Waals surface area contributed by atoms with Crippen molar-refractivity contribution in [2.24, 2.45) is 0 Å². The quantitative estimate of drug-likeness (QED) is 0.848. The lowest BCUT2D eigenvalue weighted by molar-refractivity contribution is 0.0638. The summed E-state index contributed by atoms with van der Waals surface area (Å²) in [4.78, 5) is 28.3. The van der Waals surface area contributed by atoms with Crippen molar-refractivity contribution in [2.75, 3.05) is 39.3 Å². The summed E-state index contributed by atoms with van der Waals surface area (Å²) in [6, 6.07) is 3.48. The van der Waals surface area contributed by atoms with E-state index >= 15 is 0 Å². The summed E-state index contributed by atoms with van der Waals surface area (Å²) >= 11 is 1.54. The fraction of sp³-hybridized carbons (Fsp3) is 0.438. The number of rotatable bonds is 5. The first-order valence-electron chi connectivity index (χ1n) is 7.89. The molecule has 25 heavy (non-hydrogen) atoms. The molecule has 1 aliphatic rings. The van der Waals surface area contributed by atoms with Crippen LogP contribution in [0.3, 0.4) is 0 Å². The first-order valence-corrected chi connectivity index (χ1v) is 8.83. The molecule has 2 amide bonds. The van der Waals surface area contributed by atoms with E-state index in [-0.39, 0.29) is 24.2 Å². The second kappa shape index (κ2) is 8.98. The standard InChI is InChI=1S/C16H20N4O3S.ClH/c1-12-10-14(18-23-12)15(21)17-3-4-19-5-7-20(8-6-19)16(22)13-2-9-24-11-13;/h2,9-11H,3-8H2,1H3,(H,17,21);1H. The molecule has 7 nitrogen and oxygen atoms in total. The van der Waals surface area contributed by atoms with Gasteiger partial charge in [0.05, 0.1) is 5.56 Å². The maximum absolute atomic E-state index is 12.3. The van der Waals surface area contributed by atoms with Crippen molar-refractivity contribution >= 4 is 35.6 Å². The smallest absolute Gasteiger partial charge is 0.273 e. The third kappa shape index (κ3) is 5.04. The molecule has 2 aromatic rings. The molecule has 1 N–H and O–H groups in total. The second-order valence-corrected chi connectivity index (χ2v) is 6.50. The zero-order chi connectivity index (χ0) is 16.9. The van der Waals surface area contributed by atoms with Crippen LogP contribution >= 0.6 is 23.7 Å². The number of thiophene rings is 1. The average Bonchev–Trinajstić information content (AvgIpc) is 3.26. The van der Waals surface area contributed by atoms with Crippen LogP contribution in [0.1, 0.15) is 26.6 Å². The van der Waals surface area contributed by atoms with Gasteiger partial charge in [0.15, 0.2) is 5.69 Å². The Morgan fingerprint density at radius 3 is 2.68 bits per heavy atom. The molecule has 3 heterocycles. The van der Waals surface area contributed by atoms with Gasteiger partial charge in [0.2, 0.25) is 0 Å². The lowest BCUT2D eigenvalue weighted by atomic mass is 10.2. The topological polar surface area (TPSA) is 78.7 Å². The maximum Gasteiger partial charge on any atom is 0.273 e. The van der Waals surface area contributed by atoms with Gasteiger partial charge in [-0.05, 0) is 18.4 Å². The number of hydrogen-bond donors (Lipinski definition) is 1. The normalized spacial score (nSPS) is 14.8. The van der Waals surface area contributed by atoms with Gasteiger partial charge in [-0.15, -0.1) is 12.4 Å². The molecule has 3 rings (SSSR count). The second-order valence-electron chi connectivity index (χ2n) is 5.72. The number of nitrogens with zero attached hydrogens (tertiary/aromatic N) is 3. The van der Waals surface area contributed by atoms with E-state index in [9.17, 15) is 9.59 Å². The molecule has 0 atom stereocenters. The van der Waals surface area contributed by atoms with Gasteiger partial charge >= 0.3 is 0 Å². The van der Waals surface area contributed by atoms with E-state index in [0.717, 1.165) is 25.2 Å². The minimum absolute atomic E-state index is 0.